The zero-order valence-electron chi connectivity index (χ0n) is 12.2. The third kappa shape index (κ3) is 3.01. The zero-order chi connectivity index (χ0) is 14.0. The Morgan fingerprint density at radius 2 is 2.16 bits per heavy atom. The van der Waals surface area contributed by atoms with Crippen molar-refractivity contribution in [1.29, 1.82) is 5.26 Å². The molecule has 0 saturated heterocycles. The highest BCUT2D eigenvalue weighted by molar-refractivity contribution is 5.67. The van der Waals surface area contributed by atoms with Crippen LogP contribution in [0.2, 0.25) is 0 Å². The molecule has 0 spiro atoms. The van der Waals surface area contributed by atoms with Crippen LogP contribution in [0.5, 0.6) is 0 Å². The molecule has 1 aromatic rings. The standard InChI is InChI=1S/C16H23N3/c1-12-9-13-5-8-19(15(13)10-14(12)18)7-4-6-16(2,3)11-17/h9-10H,4-8,18H2,1-3H3. The van der Waals surface area contributed by atoms with Crippen molar-refractivity contribution in [3.8, 4) is 6.07 Å². The fraction of sp³-hybridized carbons (Fsp3) is 0.562. The molecule has 102 valence electrons. The second-order valence-electron chi connectivity index (χ2n) is 6.17. The van der Waals surface area contributed by atoms with E-state index >= 15 is 0 Å². The average molecular weight is 257 g/mol. The van der Waals surface area contributed by atoms with Crippen molar-refractivity contribution >= 4 is 11.4 Å². The first kappa shape index (κ1) is 13.7. The monoisotopic (exact) mass is 257 g/mol. The second-order valence-corrected chi connectivity index (χ2v) is 6.17. The Morgan fingerprint density at radius 3 is 2.84 bits per heavy atom. The van der Waals surface area contributed by atoms with Crippen molar-refractivity contribution in [2.75, 3.05) is 23.7 Å². The molecule has 1 aromatic carbocycles. The largest absolute Gasteiger partial charge is 0.398 e. The van der Waals surface area contributed by atoms with E-state index in [1.165, 1.54) is 16.8 Å². The van der Waals surface area contributed by atoms with E-state index < -0.39 is 0 Å². The Morgan fingerprint density at radius 1 is 1.42 bits per heavy atom. The Balaban J connectivity index is 2.00. The topological polar surface area (TPSA) is 53.0 Å². The van der Waals surface area contributed by atoms with Crippen LogP contribution in [-0.2, 0) is 6.42 Å². The lowest BCUT2D eigenvalue weighted by Crippen LogP contribution is -2.23. The molecule has 19 heavy (non-hydrogen) atoms. The summed E-state index contributed by atoms with van der Waals surface area (Å²) in [6.45, 7) is 8.16. The molecule has 1 heterocycles. The third-order valence-corrected chi connectivity index (χ3v) is 3.99. The minimum absolute atomic E-state index is 0.213. The van der Waals surface area contributed by atoms with Crippen LogP contribution in [0.4, 0.5) is 11.4 Å². The van der Waals surface area contributed by atoms with Crippen LogP contribution in [0.25, 0.3) is 0 Å². The van der Waals surface area contributed by atoms with Crippen LogP contribution in [0.3, 0.4) is 0 Å². The van der Waals surface area contributed by atoms with Gasteiger partial charge in [-0.3, -0.25) is 0 Å². The van der Waals surface area contributed by atoms with E-state index in [0.29, 0.717) is 0 Å². The fourth-order valence-electron chi connectivity index (χ4n) is 2.64. The molecule has 0 bridgehead atoms. The van der Waals surface area contributed by atoms with Gasteiger partial charge in [0.25, 0.3) is 0 Å². The van der Waals surface area contributed by atoms with E-state index in [-0.39, 0.29) is 5.41 Å². The van der Waals surface area contributed by atoms with Crippen LogP contribution >= 0.6 is 0 Å². The highest BCUT2D eigenvalue weighted by Crippen LogP contribution is 2.32. The molecule has 0 fully saturated rings. The van der Waals surface area contributed by atoms with Crippen molar-refractivity contribution in [2.24, 2.45) is 5.41 Å². The SMILES string of the molecule is Cc1cc2c(cc1N)N(CCCC(C)(C)C#N)CC2. The number of rotatable bonds is 4. The van der Waals surface area contributed by atoms with Crippen molar-refractivity contribution < 1.29 is 0 Å². The van der Waals surface area contributed by atoms with E-state index in [1.807, 2.05) is 13.8 Å². The number of nitrogens with two attached hydrogens (primary N) is 1. The van der Waals surface area contributed by atoms with Gasteiger partial charge in [-0.25, -0.2) is 0 Å². The highest BCUT2D eigenvalue weighted by atomic mass is 15.1. The second kappa shape index (κ2) is 5.13. The lowest BCUT2D eigenvalue weighted by molar-refractivity contribution is 0.435. The summed E-state index contributed by atoms with van der Waals surface area (Å²) < 4.78 is 0. The molecule has 3 nitrogen and oxygen atoms in total. The van der Waals surface area contributed by atoms with Crippen LogP contribution in [0.15, 0.2) is 12.1 Å². The smallest absolute Gasteiger partial charge is 0.0683 e. The molecule has 0 radical (unpaired) electrons. The van der Waals surface area contributed by atoms with Crippen LogP contribution < -0.4 is 10.6 Å². The molecule has 0 aliphatic carbocycles. The Hall–Kier alpha value is -1.69. The van der Waals surface area contributed by atoms with E-state index in [2.05, 4.69) is 30.0 Å². The van der Waals surface area contributed by atoms with Gasteiger partial charge in [-0.2, -0.15) is 5.26 Å². The summed E-state index contributed by atoms with van der Waals surface area (Å²) in [6.07, 6.45) is 3.10. The summed E-state index contributed by atoms with van der Waals surface area (Å²) >= 11 is 0. The molecule has 0 unspecified atom stereocenters. The highest BCUT2D eigenvalue weighted by Gasteiger charge is 2.21. The maximum absolute atomic E-state index is 9.03. The molecular weight excluding hydrogens is 234 g/mol. The Kier molecular flexibility index (Phi) is 3.71. The van der Waals surface area contributed by atoms with Gasteiger partial charge in [-0.05, 0) is 57.2 Å². The fourth-order valence-corrected chi connectivity index (χ4v) is 2.64. The molecule has 2 N–H and O–H groups in total. The number of benzene rings is 1. The first-order valence-corrected chi connectivity index (χ1v) is 6.98. The first-order chi connectivity index (χ1) is 8.93. The average Bonchev–Trinajstić information content (AvgIpc) is 2.73. The number of hydrogen-bond donors (Lipinski definition) is 1. The van der Waals surface area contributed by atoms with Crippen molar-refractivity contribution in [3.05, 3.63) is 23.3 Å². The number of nitrogens with zero attached hydrogens (tertiary/aromatic N) is 2. The molecule has 0 amide bonds. The van der Waals surface area contributed by atoms with Crippen LogP contribution in [0.1, 0.15) is 37.8 Å². The zero-order valence-corrected chi connectivity index (χ0v) is 12.2. The number of nitriles is 1. The summed E-state index contributed by atoms with van der Waals surface area (Å²) in [5.74, 6) is 0. The lowest BCUT2D eigenvalue weighted by atomic mass is 9.90. The maximum Gasteiger partial charge on any atom is 0.0683 e. The summed E-state index contributed by atoms with van der Waals surface area (Å²) in [7, 11) is 0. The molecular formula is C16H23N3. The van der Waals surface area contributed by atoms with E-state index in [0.717, 1.165) is 38.0 Å². The van der Waals surface area contributed by atoms with E-state index in [1.54, 1.807) is 0 Å². The van der Waals surface area contributed by atoms with Gasteiger partial charge in [0.1, 0.15) is 0 Å². The Bertz CT molecular complexity index is 511. The summed E-state index contributed by atoms with van der Waals surface area (Å²) in [5, 5.41) is 9.03. The van der Waals surface area contributed by atoms with Gasteiger partial charge >= 0.3 is 0 Å². The number of aryl methyl sites for hydroxylation is 1. The van der Waals surface area contributed by atoms with Gasteiger partial charge in [0.05, 0.1) is 11.5 Å². The summed E-state index contributed by atoms with van der Waals surface area (Å²) in [5.41, 5.74) is 10.5. The maximum atomic E-state index is 9.03. The predicted molar refractivity (Wildman–Crippen MR) is 80.1 cm³/mol. The number of fused-ring (bicyclic) bond motifs is 1. The minimum atomic E-state index is -0.213. The lowest BCUT2D eigenvalue weighted by Gasteiger charge is -2.22. The van der Waals surface area contributed by atoms with Crippen molar-refractivity contribution in [2.45, 2.75) is 40.0 Å². The van der Waals surface area contributed by atoms with Crippen LogP contribution in [-0.4, -0.2) is 13.1 Å². The molecule has 3 heteroatoms. The molecule has 1 aliphatic rings. The van der Waals surface area contributed by atoms with Gasteiger partial charge in [-0.1, -0.05) is 6.07 Å². The predicted octanol–water partition coefficient (Wildman–Crippen LogP) is 3.27. The van der Waals surface area contributed by atoms with Gasteiger partial charge in [0.15, 0.2) is 0 Å². The number of hydrogen-bond acceptors (Lipinski definition) is 3. The van der Waals surface area contributed by atoms with Gasteiger partial charge in [-0.15, -0.1) is 0 Å². The van der Waals surface area contributed by atoms with Crippen LogP contribution in [0, 0.1) is 23.7 Å². The van der Waals surface area contributed by atoms with Gasteiger partial charge < -0.3 is 10.6 Å². The van der Waals surface area contributed by atoms with Crippen molar-refractivity contribution in [3.63, 3.8) is 0 Å². The van der Waals surface area contributed by atoms with Gasteiger partial charge in [0.2, 0.25) is 0 Å². The normalized spacial score (nSPS) is 14.3. The number of anilines is 2. The quantitative estimate of drug-likeness (QED) is 0.842. The van der Waals surface area contributed by atoms with Gasteiger partial charge in [0, 0.05) is 24.5 Å². The molecule has 0 saturated carbocycles. The summed E-state index contributed by atoms with van der Waals surface area (Å²) in [6, 6.07) is 6.68. The third-order valence-electron chi connectivity index (χ3n) is 3.99. The minimum Gasteiger partial charge on any atom is -0.398 e. The van der Waals surface area contributed by atoms with E-state index in [4.69, 9.17) is 11.0 Å². The summed E-state index contributed by atoms with van der Waals surface area (Å²) in [4.78, 5) is 2.40. The molecule has 2 rings (SSSR count). The molecule has 0 aromatic heterocycles. The first-order valence-electron chi connectivity index (χ1n) is 6.98. The molecule has 1 aliphatic heterocycles. The molecule has 0 atom stereocenters. The number of nitrogen functional groups attached to an aromatic ring is 1. The van der Waals surface area contributed by atoms with Crippen molar-refractivity contribution in [1.82, 2.24) is 0 Å². The van der Waals surface area contributed by atoms with E-state index in [9.17, 15) is 0 Å². The Labute approximate surface area is 116 Å².